The Kier molecular flexibility index (Phi) is 1.99. The van der Waals surface area contributed by atoms with Gasteiger partial charge in [-0.2, -0.15) is 0 Å². The Hall–Kier alpha value is -1.78. The molecule has 1 aromatic carbocycles. The first kappa shape index (κ1) is 8.80. The quantitative estimate of drug-likeness (QED) is 0.707. The van der Waals surface area contributed by atoms with Crippen molar-refractivity contribution in [1.82, 2.24) is 0 Å². The van der Waals surface area contributed by atoms with Crippen LogP contribution in [0.1, 0.15) is 0 Å². The van der Waals surface area contributed by atoms with E-state index in [1.807, 2.05) is 0 Å². The van der Waals surface area contributed by atoms with E-state index in [1.54, 1.807) is 0 Å². The highest BCUT2D eigenvalue weighted by Gasteiger charge is 2.25. The van der Waals surface area contributed by atoms with Crippen LogP contribution in [0.15, 0.2) is 18.2 Å². The lowest BCUT2D eigenvalue weighted by atomic mass is 10.2. The first-order valence-corrected chi connectivity index (χ1v) is 4.10. The van der Waals surface area contributed by atoms with Crippen LogP contribution in [0.5, 0.6) is 5.75 Å². The van der Waals surface area contributed by atoms with Crippen LogP contribution in [0, 0.1) is 5.82 Å². The molecule has 0 aromatic heterocycles. The molecule has 0 saturated heterocycles. The zero-order chi connectivity index (χ0) is 10.1. The molecular formula is C9H8FNO3. The fourth-order valence-electron chi connectivity index (χ4n) is 1.28. The van der Waals surface area contributed by atoms with Crippen molar-refractivity contribution in [2.45, 2.75) is 6.10 Å². The van der Waals surface area contributed by atoms with Gasteiger partial charge in [-0.15, -0.1) is 0 Å². The molecule has 14 heavy (non-hydrogen) atoms. The van der Waals surface area contributed by atoms with Gasteiger partial charge in [-0.05, 0) is 12.1 Å². The molecule has 2 N–H and O–H groups in total. The highest BCUT2D eigenvalue weighted by atomic mass is 19.1. The summed E-state index contributed by atoms with van der Waals surface area (Å²) in [6, 6.07) is 3.97. The number of carboxylic acids is 1. The number of benzene rings is 1. The molecular weight excluding hydrogens is 189 g/mol. The summed E-state index contributed by atoms with van der Waals surface area (Å²) < 4.78 is 17.8. The van der Waals surface area contributed by atoms with Gasteiger partial charge in [0.2, 0.25) is 6.10 Å². The molecule has 1 aliphatic rings. The highest BCUT2D eigenvalue weighted by Crippen LogP contribution is 2.29. The van der Waals surface area contributed by atoms with Crippen LogP contribution in [0.3, 0.4) is 0 Å². The van der Waals surface area contributed by atoms with Crippen molar-refractivity contribution >= 4 is 11.7 Å². The molecule has 0 bridgehead atoms. The first-order chi connectivity index (χ1) is 6.66. The number of anilines is 1. The van der Waals surface area contributed by atoms with Crippen LogP contribution < -0.4 is 10.1 Å². The zero-order valence-electron chi connectivity index (χ0n) is 7.16. The Bertz CT molecular complexity index is 380. The maximum absolute atomic E-state index is 12.8. The van der Waals surface area contributed by atoms with Crippen LogP contribution in [-0.2, 0) is 4.79 Å². The smallest absolute Gasteiger partial charge is 0.346 e. The van der Waals surface area contributed by atoms with Crippen molar-refractivity contribution in [1.29, 1.82) is 0 Å². The number of halogens is 1. The van der Waals surface area contributed by atoms with Gasteiger partial charge in [-0.1, -0.05) is 0 Å². The molecule has 5 heteroatoms. The number of hydrogen-bond donors (Lipinski definition) is 2. The molecule has 1 unspecified atom stereocenters. The van der Waals surface area contributed by atoms with E-state index in [9.17, 15) is 9.18 Å². The summed E-state index contributed by atoms with van der Waals surface area (Å²) >= 11 is 0. The lowest BCUT2D eigenvalue weighted by Crippen LogP contribution is -2.37. The van der Waals surface area contributed by atoms with E-state index in [4.69, 9.17) is 9.84 Å². The average molecular weight is 197 g/mol. The van der Waals surface area contributed by atoms with Gasteiger partial charge in [0.05, 0.1) is 12.2 Å². The van der Waals surface area contributed by atoms with Crippen molar-refractivity contribution in [3.63, 3.8) is 0 Å². The number of carbonyl (C=O) groups is 1. The number of hydrogen-bond acceptors (Lipinski definition) is 3. The molecule has 1 heterocycles. The van der Waals surface area contributed by atoms with Gasteiger partial charge in [-0.3, -0.25) is 0 Å². The normalized spacial score (nSPS) is 19.1. The fraction of sp³-hybridized carbons (Fsp3) is 0.222. The number of fused-ring (bicyclic) bond motifs is 1. The van der Waals surface area contributed by atoms with Crippen LogP contribution in [0.4, 0.5) is 10.1 Å². The monoisotopic (exact) mass is 197 g/mol. The van der Waals surface area contributed by atoms with Crippen LogP contribution in [-0.4, -0.2) is 23.7 Å². The summed E-state index contributed by atoms with van der Waals surface area (Å²) in [7, 11) is 0. The van der Waals surface area contributed by atoms with Gasteiger partial charge in [0.15, 0.2) is 0 Å². The summed E-state index contributed by atoms with van der Waals surface area (Å²) in [6.45, 7) is 0.188. The first-order valence-electron chi connectivity index (χ1n) is 4.10. The van der Waals surface area contributed by atoms with Crippen molar-refractivity contribution in [3.05, 3.63) is 24.0 Å². The van der Waals surface area contributed by atoms with E-state index < -0.39 is 17.9 Å². The Morgan fingerprint density at radius 1 is 1.64 bits per heavy atom. The Balaban J connectivity index is 2.29. The second-order valence-corrected chi connectivity index (χ2v) is 2.97. The van der Waals surface area contributed by atoms with Gasteiger partial charge in [-0.25, -0.2) is 9.18 Å². The van der Waals surface area contributed by atoms with Crippen molar-refractivity contribution in [2.24, 2.45) is 0 Å². The van der Waals surface area contributed by atoms with Crippen LogP contribution >= 0.6 is 0 Å². The Labute approximate surface area is 79.3 Å². The van der Waals surface area contributed by atoms with E-state index in [0.717, 1.165) is 6.07 Å². The SMILES string of the molecule is O=C(O)C1CNc2ccc(F)cc2O1. The van der Waals surface area contributed by atoms with E-state index in [1.165, 1.54) is 12.1 Å². The molecule has 1 aromatic rings. The van der Waals surface area contributed by atoms with Crippen molar-refractivity contribution in [3.8, 4) is 5.75 Å². The van der Waals surface area contributed by atoms with Crippen molar-refractivity contribution < 1.29 is 19.0 Å². The summed E-state index contributed by atoms with van der Waals surface area (Å²) in [5.74, 6) is -1.27. The molecule has 4 nitrogen and oxygen atoms in total. The van der Waals surface area contributed by atoms with Gasteiger partial charge in [0, 0.05) is 6.07 Å². The number of aliphatic carboxylic acids is 1. The van der Waals surface area contributed by atoms with E-state index in [0.29, 0.717) is 5.69 Å². The lowest BCUT2D eigenvalue weighted by molar-refractivity contribution is -0.144. The summed E-state index contributed by atoms with van der Waals surface area (Å²) in [6.07, 6.45) is -0.954. The fourth-order valence-corrected chi connectivity index (χ4v) is 1.28. The molecule has 1 atom stereocenters. The molecule has 0 fully saturated rings. The molecule has 0 aliphatic carbocycles. The molecule has 2 rings (SSSR count). The van der Waals surface area contributed by atoms with Crippen LogP contribution in [0.2, 0.25) is 0 Å². The van der Waals surface area contributed by atoms with E-state index in [2.05, 4.69) is 5.32 Å². The third-order valence-electron chi connectivity index (χ3n) is 1.97. The topological polar surface area (TPSA) is 58.6 Å². The maximum Gasteiger partial charge on any atom is 0.346 e. The molecule has 0 saturated carbocycles. The van der Waals surface area contributed by atoms with E-state index >= 15 is 0 Å². The average Bonchev–Trinajstić information content (AvgIpc) is 2.16. The lowest BCUT2D eigenvalue weighted by Gasteiger charge is -2.24. The van der Waals surface area contributed by atoms with Gasteiger partial charge in [0.1, 0.15) is 11.6 Å². The van der Waals surface area contributed by atoms with Gasteiger partial charge >= 0.3 is 5.97 Å². The highest BCUT2D eigenvalue weighted by molar-refractivity contribution is 5.75. The van der Waals surface area contributed by atoms with Gasteiger partial charge < -0.3 is 15.2 Å². The minimum atomic E-state index is -1.06. The number of ether oxygens (including phenoxy) is 1. The maximum atomic E-state index is 12.8. The Morgan fingerprint density at radius 2 is 2.43 bits per heavy atom. The second kappa shape index (κ2) is 3.17. The molecule has 0 radical (unpaired) electrons. The number of carboxylic acid groups (broad SMARTS) is 1. The molecule has 1 aliphatic heterocycles. The Morgan fingerprint density at radius 3 is 3.14 bits per heavy atom. The second-order valence-electron chi connectivity index (χ2n) is 2.97. The van der Waals surface area contributed by atoms with Crippen molar-refractivity contribution in [2.75, 3.05) is 11.9 Å². The summed E-state index contributed by atoms with van der Waals surface area (Å²) in [5.41, 5.74) is 0.615. The molecule has 0 spiro atoms. The third-order valence-corrected chi connectivity index (χ3v) is 1.97. The molecule has 0 amide bonds. The molecule has 74 valence electrons. The zero-order valence-corrected chi connectivity index (χ0v) is 7.16. The minimum absolute atomic E-state index is 0.188. The predicted octanol–water partition coefficient (Wildman–Crippen LogP) is 1.08. The van der Waals surface area contributed by atoms with Gasteiger partial charge in [0.25, 0.3) is 0 Å². The standard InChI is InChI=1S/C9H8FNO3/c10-5-1-2-6-7(3-5)14-8(4-11-6)9(12)13/h1-3,8,11H,4H2,(H,12,13). The predicted molar refractivity (Wildman–Crippen MR) is 46.9 cm³/mol. The summed E-state index contributed by atoms with van der Waals surface area (Å²) in [4.78, 5) is 10.6. The minimum Gasteiger partial charge on any atom is -0.478 e. The third kappa shape index (κ3) is 1.48. The largest absolute Gasteiger partial charge is 0.478 e. The number of nitrogens with one attached hydrogen (secondary N) is 1. The summed E-state index contributed by atoms with van der Waals surface area (Å²) in [5, 5.41) is 11.5. The number of rotatable bonds is 1. The van der Waals surface area contributed by atoms with Crippen LogP contribution in [0.25, 0.3) is 0 Å². The van der Waals surface area contributed by atoms with E-state index in [-0.39, 0.29) is 12.3 Å².